The Bertz CT molecular complexity index is 932. The maximum absolute atomic E-state index is 11.2. The topological polar surface area (TPSA) is 95.9 Å². The molecule has 1 heterocycles. The Balaban J connectivity index is 1.92. The number of fused-ring (bicyclic) bond motifs is 1. The van der Waals surface area contributed by atoms with Gasteiger partial charge in [-0.3, -0.25) is 0 Å². The van der Waals surface area contributed by atoms with E-state index in [-0.39, 0.29) is 22.8 Å². The zero-order valence-corrected chi connectivity index (χ0v) is 15.2. The van der Waals surface area contributed by atoms with Gasteiger partial charge in [0.25, 0.3) is 0 Å². The number of aliphatic carboxylic acids is 1. The van der Waals surface area contributed by atoms with Crippen LogP contribution in [0.2, 0.25) is 0 Å². The molecule has 2 aromatic rings. The van der Waals surface area contributed by atoms with E-state index in [1.54, 1.807) is 36.4 Å². The van der Waals surface area contributed by atoms with Crippen molar-refractivity contribution in [2.24, 2.45) is 5.41 Å². The van der Waals surface area contributed by atoms with E-state index in [0.717, 1.165) is 16.8 Å². The highest BCUT2D eigenvalue weighted by molar-refractivity contribution is 5.88. The summed E-state index contributed by atoms with van der Waals surface area (Å²) in [4.78, 5) is 22.2. The molecule has 6 heteroatoms. The zero-order chi connectivity index (χ0) is 19.8. The van der Waals surface area contributed by atoms with Crippen LogP contribution in [0.1, 0.15) is 41.4 Å². The van der Waals surface area contributed by atoms with Crippen LogP contribution in [0.25, 0.3) is 0 Å². The minimum absolute atomic E-state index is 0.0534. The summed E-state index contributed by atoms with van der Waals surface area (Å²) >= 11 is 0. The maximum atomic E-state index is 11.2. The normalized spacial score (nSPS) is 17.3. The standard InChI is InChI=1S/C21H21NO5/c1-12(19(23)24)27-16-6-4-5-13(10-16)18-21(2,3)11-15-9-14(20(25)26)7-8-17(15)22-18/h4-10,18,22H,1,11H2,2-3H3,(H,23,24)(H,25,26). The predicted octanol–water partition coefficient (Wildman–Crippen LogP) is 4.10. The van der Waals surface area contributed by atoms with Gasteiger partial charge >= 0.3 is 11.9 Å². The summed E-state index contributed by atoms with van der Waals surface area (Å²) in [5, 5.41) is 21.6. The minimum atomic E-state index is -1.21. The van der Waals surface area contributed by atoms with Crippen molar-refractivity contribution >= 4 is 17.6 Å². The number of benzene rings is 2. The van der Waals surface area contributed by atoms with Crippen LogP contribution in [-0.2, 0) is 11.2 Å². The Hall–Kier alpha value is -3.28. The molecule has 140 valence electrons. The Morgan fingerprint density at radius 1 is 1.19 bits per heavy atom. The summed E-state index contributed by atoms with van der Waals surface area (Å²) in [6.45, 7) is 7.59. The number of aromatic carboxylic acids is 1. The highest BCUT2D eigenvalue weighted by Crippen LogP contribution is 2.45. The van der Waals surface area contributed by atoms with Crippen LogP contribution in [0, 0.1) is 5.41 Å². The molecule has 1 aliphatic rings. The molecule has 0 saturated heterocycles. The molecule has 27 heavy (non-hydrogen) atoms. The molecule has 0 aliphatic carbocycles. The molecule has 1 unspecified atom stereocenters. The van der Waals surface area contributed by atoms with Crippen molar-refractivity contribution in [2.45, 2.75) is 26.3 Å². The van der Waals surface area contributed by atoms with Gasteiger partial charge in [0.2, 0.25) is 5.76 Å². The van der Waals surface area contributed by atoms with Gasteiger partial charge in [0, 0.05) is 5.69 Å². The molecule has 0 radical (unpaired) electrons. The number of nitrogens with one attached hydrogen (secondary N) is 1. The molecule has 0 amide bonds. The predicted molar refractivity (Wildman–Crippen MR) is 101 cm³/mol. The van der Waals surface area contributed by atoms with Gasteiger partial charge in [0.05, 0.1) is 11.6 Å². The number of carboxylic acid groups (broad SMARTS) is 2. The van der Waals surface area contributed by atoms with Gasteiger partial charge in [0.1, 0.15) is 5.75 Å². The van der Waals surface area contributed by atoms with E-state index >= 15 is 0 Å². The van der Waals surface area contributed by atoms with Crippen LogP contribution in [0.15, 0.2) is 54.8 Å². The molecule has 6 nitrogen and oxygen atoms in total. The lowest BCUT2D eigenvalue weighted by molar-refractivity contribution is -0.135. The third-order valence-corrected chi connectivity index (χ3v) is 4.75. The summed E-state index contributed by atoms with van der Waals surface area (Å²) < 4.78 is 5.30. The monoisotopic (exact) mass is 367 g/mol. The van der Waals surface area contributed by atoms with E-state index in [1.165, 1.54) is 0 Å². The Kier molecular flexibility index (Phi) is 4.66. The molecule has 0 spiro atoms. The smallest absolute Gasteiger partial charge is 0.371 e. The van der Waals surface area contributed by atoms with Crippen molar-refractivity contribution < 1.29 is 24.5 Å². The second-order valence-corrected chi connectivity index (χ2v) is 7.32. The largest absolute Gasteiger partial charge is 0.478 e. The van der Waals surface area contributed by atoms with Gasteiger partial charge in [-0.15, -0.1) is 0 Å². The highest BCUT2D eigenvalue weighted by atomic mass is 16.5. The quantitative estimate of drug-likeness (QED) is 0.544. The Labute approximate surface area is 157 Å². The first kappa shape index (κ1) is 18.5. The van der Waals surface area contributed by atoms with Crippen molar-refractivity contribution in [3.05, 3.63) is 71.5 Å². The fourth-order valence-electron chi connectivity index (χ4n) is 3.44. The van der Waals surface area contributed by atoms with Crippen molar-refractivity contribution in [3.8, 4) is 5.75 Å². The zero-order valence-electron chi connectivity index (χ0n) is 15.2. The van der Waals surface area contributed by atoms with Gasteiger partial charge < -0.3 is 20.3 Å². The Morgan fingerprint density at radius 3 is 2.59 bits per heavy atom. The van der Waals surface area contributed by atoms with Crippen LogP contribution >= 0.6 is 0 Å². The SMILES string of the molecule is C=C(Oc1cccc(C2Nc3ccc(C(=O)O)cc3CC2(C)C)c1)C(=O)O. The van der Waals surface area contributed by atoms with Crippen LogP contribution in [-0.4, -0.2) is 22.2 Å². The fraction of sp³-hybridized carbons (Fsp3) is 0.238. The molecule has 3 N–H and O–H groups in total. The summed E-state index contributed by atoms with van der Waals surface area (Å²) in [6, 6.07) is 12.3. The summed E-state index contributed by atoms with van der Waals surface area (Å²) in [5.41, 5.74) is 2.87. The first-order valence-corrected chi connectivity index (χ1v) is 8.50. The maximum Gasteiger partial charge on any atom is 0.371 e. The van der Waals surface area contributed by atoms with E-state index in [1.807, 2.05) is 6.07 Å². The van der Waals surface area contributed by atoms with E-state index in [9.17, 15) is 14.7 Å². The third kappa shape index (κ3) is 3.79. The van der Waals surface area contributed by atoms with E-state index in [4.69, 9.17) is 9.84 Å². The fourth-order valence-corrected chi connectivity index (χ4v) is 3.44. The first-order chi connectivity index (χ1) is 12.7. The minimum Gasteiger partial charge on any atom is -0.478 e. The third-order valence-electron chi connectivity index (χ3n) is 4.75. The number of hydrogen-bond acceptors (Lipinski definition) is 4. The van der Waals surface area contributed by atoms with Gasteiger partial charge in [-0.1, -0.05) is 26.0 Å². The second kappa shape index (κ2) is 6.79. The number of carbonyl (C=O) groups is 2. The Morgan fingerprint density at radius 2 is 1.93 bits per heavy atom. The summed E-state index contributed by atoms with van der Waals surface area (Å²) in [5.74, 6) is -2.08. The first-order valence-electron chi connectivity index (χ1n) is 8.50. The van der Waals surface area contributed by atoms with Crippen LogP contribution < -0.4 is 10.1 Å². The van der Waals surface area contributed by atoms with Crippen molar-refractivity contribution in [3.63, 3.8) is 0 Å². The van der Waals surface area contributed by atoms with E-state index in [2.05, 4.69) is 25.7 Å². The number of hydrogen-bond donors (Lipinski definition) is 3. The average Bonchev–Trinajstić information content (AvgIpc) is 2.59. The van der Waals surface area contributed by atoms with Crippen molar-refractivity contribution in [1.29, 1.82) is 0 Å². The molecular weight excluding hydrogens is 346 g/mol. The van der Waals surface area contributed by atoms with E-state index < -0.39 is 11.9 Å². The summed E-state index contributed by atoms with van der Waals surface area (Å²) in [6.07, 6.45) is 0.702. The summed E-state index contributed by atoms with van der Waals surface area (Å²) in [7, 11) is 0. The van der Waals surface area contributed by atoms with Crippen molar-refractivity contribution in [1.82, 2.24) is 0 Å². The van der Waals surface area contributed by atoms with Gasteiger partial charge in [-0.25, -0.2) is 9.59 Å². The highest BCUT2D eigenvalue weighted by Gasteiger charge is 2.36. The van der Waals surface area contributed by atoms with Gasteiger partial charge in [0.15, 0.2) is 0 Å². The molecule has 1 aliphatic heterocycles. The van der Waals surface area contributed by atoms with Gasteiger partial charge in [-0.2, -0.15) is 0 Å². The van der Waals surface area contributed by atoms with E-state index in [0.29, 0.717) is 12.2 Å². The lowest BCUT2D eigenvalue weighted by Gasteiger charge is -2.41. The molecule has 3 rings (SSSR count). The molecule has 0 aromatic heterocycles. The molecule has 0 bridgehead atoms. The van der Waals surface area contributed by atoms with Crippen LogP contribution in [0.5, 0.6) is 5.75 Å². The molecule has 0 saturated carbocycles. The lowest BCUT2D eigenvalue weighted by Crippen LogP contribution is -2.35. The number of carboxylic acids is 2. The molecule has 2 aromatic carbocycles. The van der Waals surface area contributed by atoms with Crippen molar-refractivity contribution in [2.75, 3.05) is 5.32 Å². The number of anilines is 1. The van der Waals surface area contributed by atoms with Crippen LogP contribution in [0.3, 0.4) is 0 Å². The van der Waals surface area contributed by atoms with Crippen LogP contribution in [0.4, 0.5) is 5.69 Å². The van der Waals surface area contributed by atoms with Gasteiger partial charge in [-0.05, 0) is 59.9 Å². The number of rotatable bonds is 5. The molecular formula is C21H21NO5. The molecule has 1 atom stereocenters. The lowest BCUT2D eigenvalue weighted by atomic mass is 9.72. The molecule has 0 fully saturated rings. The average molecular weight is 367 g/mol. The second-order valence-electron chi connectivity index (χ2n) is 7.32. The number of ether oxygens (including phenoxy) is 1.